The van der Waals surface area contributed by atoms with Crippen LogP contribution in [0.3, 0.4) is 0 Å². The van der Waals surface area contributed by atoms with E-state index in [1.807, 2.05) is 6.92 Å². The highest BCUT2D eigenvalue weighted by Crippen LogP contribution is 2.25. The lowest BCUT2D eigenvalue weighted by Gasteiger charge is -2.21. The molecule has 0 radical (unpaired) electrons. The van der Waals surface area contributed by atoms with Crippen LogP contribution in [-0.2, 0) is 24.3 Å². The van der Waals surface area contributed by atoms with Crippen LogP contribution in [0.4, 0.5) is 0 Å². The van der Waals surface area contributed by atoms with E-state index < -0.39 is 16.0 Å². The van der Waals surface area contributed by atoms with Gasteiger partial charge in [0.05, 0.1) is 13.5 Å². The maximum atomic E-state index is 12.7. The first-order valence-corrected chi connectivity index (χ1v) is 10.0. The molecule has 7 nitrogen and oxygen atoms in total. The van der Waals surface area contributed by atoms with E-state index in [9.17, 15) is 18.0 Å². The predicted octanol–water partition coefficient (Wildman–Crippen LogP) is 1.23. The van der Waals surface area contributed by atoms with E-state index in [0.29, 0.717) is 30.3 Å². The fraction of sp³-hybridized carbons (Fsp3) is 0.600. The van der Waals surface area contributed by atoms with E-state index in [2.05, 4.69) is 4.74 Å². The number of amides is 1. The average molecular weight is 374 g/mol. The number of hydrogen-bond donors (Lipinski definition) is 0. The van der Waals surface area contributed by atoms with Gasteiger partial charge in [0.2, 0.25) is 5.91 Å². The van der Waals surface area contributed by atoms with Crippen molar-refractivity contribution in [2.75, 3.05) is 33.3 Å². The molecule has 0 bridgehead atoms. The lowest BCUT2D eigenvalue weighted by atomic mass is 10.2. The van der Waals surface area contributed by atoms with Crippen molar-refractivity contribution in [2.45, 2.75) is 30.4 Å². The summed E-state index contributed by atoms with van der Waals surface area (Å²) in [6, 6.07) is 3.41. The molecular formula is C15H22N2O5S2. The van der Waals surface area contributed by atoms with E-state index >= 15 is 0 Å². The smallest absolute Gasteiger partial charge is 0.306 e. The van der Waals surface area contributed by atoms with Crippen LogP contribution >= 0.6 is 11.3 Å². The van der Waals surface area contributed by atoms with Crippen molar-refractivity contribution in [2.24, 2.45) is 0 Å². The number of carbonyl (C=O) groups excluding carboxylic acids is 2. The van der Waals surface area contributed by atoms with Crippen LogP contribution in [0.25, 0.3) is 0 Å². The van der Waals surface area contributed by atoms with Crippen molar-refractivity contribution < 1.29 is 22.7 Å². The Morgan fingerprint density at radius 1 is 1.17 bits per heavy atom. The third-order valence-electron chi connectivity index (χ3n) is 3.89. The molecule has 1 fully saturated rings. The van der Waals surface area contributed by atoms with Crippen LogP contribution in [-0.4, -0.2) is 62.8 Å². The Labute approximate surface area is 146 Å². The summed E-state index contributed by atoms with van der Waals surface area (Å²) in [5.41, 5.74) is 0. The summed E-state index contributed by atoms with van der Waals surface area (Å²) in [5, 5.41) is 0. The highest BCUT2D eigenvalue weighted by atomic mass is 32.2. The van der Waals surface area contributed by atoms with E-state index in [1.54, 1.807) is 17.0 Å². The molecule has 0 aromatic carbocycles. The molecule has 2 rings (SSSR count). The van der Waals surface area contributed by atoms with Gasteiger partial charge in [-0.1, -0.05) is 0 Å². The summed E-state index contributed by atoms with van der Waals surface area (Å²) in [7, 11) is -2.22. The van der Waals surface area contributed by atoms with Gasteiger partial charge in [0, 0.05) is 37.5 Å². The normalized spacial score (nSPS) is 16.7. The number of carbonyl (C=O) groups is 2. The van der Waals surface area contributed by atoms with Crippen LogP contribution in [0.15, 0.2) is 16.3 Å². The Balaban J connectivity index is 1.97. The molecule has 1 aliphatic rings. The number of esters is 1. The lowest BCUT2D eigenvalue weighted by molar-refractivity contribution is -0.143. The van der Waals surface area contributed by atoms with Gasteiger partial charge in [0.25, 0.3) is 10.0 Å². The minimum Gasteiger partial charge on any atom is -0.469 e. The van der Waals surface area contributed by atoms with E-state index in [1.165, 1.54) is 22.8 Å². The molecule has 134 valence electrons. The van der Waals surface area contributed by atoms with Gasteiger partial charge >= 0.3 is 5.97 Å². The van der Waals surface area contributed by atoms with Crippen LogP contribution < -0.4 is 0 Å². The van der Waals surface area contributed by atoms with Crippen molar-refractivity contribution in [1.29, 1.82) is 0 Å². The molecule has 1 amide bonds. The number of ether oxygens (including phenoxy) is 1. The topological polar surface area (TPSA) is 84.0 Å². The Hall–Kier alpha value is -1.45. The van der Waals surface area contributed by atoms with Gasteiger partial charge in [-0.2, -0.15) is 4.31 Å². The Bertz CT molecular complexity index is 698. The fourth-order valence-corrected chi connectivity index (χ4v) is 5.44. The van der Waals surface area contributed by atoms with E-state index in [4.69, 9.17) is 0 Å². The zero-order valence-corrected chi connectivity index (χ0v) is 15.5. The van der Waals surface area contributed by atoms with Gasteiger partial charge < -0.3 is 9.64 Å². The molecule has 1 saturated heterocycles. The summed E-state index contributed by atoms with van der Waals surface area (Å²) < 4.78 is 31.6. The van der Waals surface area contributed by atoms with Gasteiger partial charge in [0.15, 0.2) is 0 Å². The second kappa shape index (κ2) is 8.09. The van der Waals surface area contributed by atoms with Crippen molar-refractivity contribution >= 4 is 33.2 Å². The van der Waals surface area contributed by atoms with Crippen LogP contribution in [0, 0.1) is 6.92 Å². The van der Waals surface area contributed by atoms with Crippen LogP contribution in [0.2, 0.25) is 0 Å². The van der Waals surface area contributed by atoms with Gasteiger partial charge in [-0.3, -0.25) is 9.59 Å². The molecule has 1 aliphatic heterocycles. The van der Waals surface area contributed by atoms with Crippen molar-refractivity contribution in [3.63, 3.8) is 0 Å². The summed E-state index contributed by atoms with van der Waals surface area (Å²) in [6.45, 7) is 3.36. The Morgan fingerprint density at radius 2 is 1.92 bits per heavy atom. The zero-order chi connectivity index (χ0) is 17.7. The summed E-state index contributed by atoms with van der Waals surface area (Å²) in [5.74, 6) is -0.568. The second-order valence-corrected chi connectivity index (χ2v) is 9.03. The highest BCUT2D eigenvalue weighted by Gasteiger charge is 2.29. The lowest BCUT2D eigenvalue weighted by Crippen LogP contribution is -2.37. The molecular weight excluding hydrogens is 352 g/mol. The van der Waals surface area contributed by atoms with Crippen molar-refractivity contribution in [3.8, 4) is 0 Å². The van der Waals surface area contributed by atoms with Gasteiger partial charge in [-0.25, -0.2) is 8.42 Å². The molecule has 0 aliphatic carbocycles. The number of thiophene rings is 1. The van der Waals surface area contributed by atoms with Crippen molar-refractivity contribution in [3.05, 3.63) is 17.0 Å². The third kappa shape index (κ3) is 4.55. The predicted molar refractivity (Wildman–Crippen MR) is 90.3 cm³/mol. The molecule has 9 heteroatoms. The number of sulfonamides is 1. The summed E-state index contributed by atoms with van der Waals surface area (Å²) >= 11 is 1.25. The van der Waals surface area contributed by atoms with Gasteiger partial charge in [-0.05, 0) is 25.5 Å². The van der Waals surface area contributed by atoms with Crippen molar-refractivity contribution in [1.82, 2.24) is 9.21 Å². The van der Waals surface area contributed by atoms with Gasteiger partial charge in [0.1, 0.15) is 4.21 Å². The SMILES string of the molecule is COC(=O)CCC(=O)N1CCCN(S(=O)(=O)c2ccc(C)s2)CC1. The number of nitrogens with zero attached hydrogens (tertiary/aromatic N) is 2. The molecule has 1 aromatic rings. The number of rotatable bonds is 5. The number of hydrogen-bond acceptors (Lipinski definition) is 6. The molecule has 0 unspecified atom stereocenters. The van der Waals surface area contributed by atoms with E-state index in [0.717, 1.165) is 4.88 Å². The largest absolute Gasteiger partial charge is 0.469 e. The Morgan fingerprint density at radius 3 is 2.54 bits per heavy atom. The molecule has 0 spiro atoms. The highest BCUT2D eigenvalue weighted by molar-refractivity contribution is 7.91. The van der Waals surface area contributed by atoms with Crippen LogP contribution in [0.5, 0.6) is 0 Å². The fourth-order valence-electron chi connectivity index (χ4n) is 2.53. The molecule has 2 heterocycles. The molecule has 1 aromatic heterocycles. The molecule has 24 heavy (non-hydrogen) atoms. The summed E-state index contributed by atoms with van der Waals surface area (Å²) in [4.78, 5) is 25.9. The van der Waals surface area contributed by atoms with Crippen LogP contribution in [0.1, 0.15) is 24.1 Å². The van der Waals surface area contributed by atoms with E-state index in [-0.39, 0.29) is 25.3 Å². The van der Waals surface area contributed by atoms with Gasteiger partial charge in [-0.15, -0.1) is 11.3 Å². The minimum atomic E-state index is -3.50. The monoisotopic (exact) mass is 374 g/mol. The quantitative estimate of drug-likeness (QED) is 0.724. The zero-order valence-electron chi connectivity index (χ0n) is 13.9. The molecule has 0 atom stereocenters. The molecule has 0 saturated carbocycles. The third-order valence-corrected chi connectivity index (χ3v) is 7.25. The first kappa shape index (κ1) is 18.9. The minimum absolute atomic E-state index is 0.0440. The maximum absolute atomic E-state index is 12.7. The number of methoxy groups -OCH3 is 1. The first-order chi connectivity index (χ1) is 11.3. The Kier molecular flexibility index (Phi) is 6.36. The number of aryl methyl sites for hydroxylation is 1. The maximum Gasteiger partial charge on any atom is 0.306 e. The first-order valence-electron chi connectivity index (χ1n) is 7.76. The average Bonchev–Trinajstić information content (AvgIpc) is 2.85. The summed E-state index contributed by atoms with van der Waals surface area (Å²) in [6.07, 6.45) is 0.708. The molecule has 0 N–H and O–H groups in total. The standard InChI is InChI=1S/C15H22N2O5S2/c1-12-4-7-15(23-12)24(20,21)17-9-3-8-16(10-11-17)13(18)5-6-14(19)22-2/h4,7H,3,5-6,8-11H2,1-2H3. The second-order valence-electron chi connectivity index (χ2n) is 5.58.